The van der Waals surface area contributed by atoms with Crippen molar-refractivity contribution in [2.24, 2.45) is 28.9 Å². The van der Waals surface area contributed by atoms with Crippen molar-refractivity contribution in [2.75, 3.05) is 39.3 Å². The number of hydrogen-bond donors (Lipinski definition) is 25. The van der Waals surface area contributed by atoms with Gasteiger partial charge in [-0.15, -0.1) is 0 Å². The van der Waals surface area contributed by atoms with Crippen molar-refractivity contribution in [2.45, 2.75) is 190 Å². The fourth-order valence-electron chi connectivity index (χ4n) is 13.4. The van der Waals surface area contributed by atoms with Gasteiger partial charge in [-0.2, -0.15) is 0 Å². The number of aromatic amines is 1. The first-order valence-electron chi connectivity index (χ1n) is 39.6. The number of carboxylic acids is 3. The fraction of sp³-hybridized carbons (Fsp3) is 0.474. The molecule has 47 heteroatoms. The molecule has 17 amide bonds. The van der Waals surface area contributed by atoms with Crippen molar-refractivity contribution in [3.05, 3.63) is 95.7 Å². The van der Waals surface area contributed by atoms with Gasteiger partial charge in [0.2, 0.25) is 100 Å². The SMILES string of the molecule is CC(C)[C@H](NC(=O)[C@H](CC(=O)O)NC(=O)CNC(=O)[C@H](CC(=O)O)NC(=O)[C@@H]1CCCN1C(=O)[C@H](CC(N)=O)NC(=O)[C@H](CCCNC(=N)N)NC(=O)[C@H](C)NC(=O)[C@H](Cc1ccc(O)cc1)NC(=O)[C@@H](N)CC(N)=O)C(=O)NCC(=O)NCC(=O)N1CCC[C@H]1C(=O)N[C@@H](Cc1c[nH]c2ccccc12)C(=O)N[C@@H](C)C(=O)N[C@@H](Cc1ccc(O)cc1)C(=O)O. The lowest BCUT2D eigenvalue weighted by molar-refractivity contribution is -0.144. The van der Waals surface area contributed by atoms with Crippen LogP contribution in [0.15, 0.2) is 79.0 Å². The maximum absolute atomic E-state index is 14.4. The molecule has 125 heavy (non-hydrogen) atoms. The van der Waals surface area contributed by atoms with Gasteiger partial charge in [0.25, 0.3) is 0 Å². The molecule has 1 aromatic heterocycles. The molecule has 2 fully saturated rings. The number of fused-ring (bicyclic) bond motifs is 1. The molecule has 4 aromatic rings. The largest absolute Gasteiger partial charge is 0.508 e. The van der Waals surface area contributed by atoms with Crippen molar-refractivity contribution in [3.63, 3.8) is 0 Å². The highest BCUT2D eigenvalue weighted by Gasteiger charge is 2.43. The second-order valence-corrected chi connectivity index (χ2v) is 30.1. The molecule has 3 heterocycles. The van der Waals surface area contributed by atoms with Crippen LogP contribution in [-0.4, -0.2) is 282 Å². The Hall–Kier alpha value is -14.6. The highest BCUT2D eigenvalue weighted by molar-refractivity contribution is 6.02. The van der Waals surface area contributed by atoms with Crippen LogP contribution in [0.5, 0.6) is 11.5 Å². The number of nitrogens with two attached hydrogens (primary N) is 4. The first-order valence-corrected chi connectivity index (χ1v) is 39.6. The lowest BCUT2D eigenvalue weighted by atomic mass is 10.0. The van der Waals surface area contributed by atoms with Crippen LogP contribution in [0.2, 0.25) is 0 Å². The number of carbonyl (C=O) groups is 20. The Morgan fingerprint density at radius 2 is 0.936 bits per heavy atom. The number of nitrogens with zero attached hydrogens (tertiary/aromatic N) is 2. The third kappa shape index (κ3) is 31.8. The molecule has 2 aliphatic rings. The van der Waals surface area contributed by atoms with Gasteiger partial charge in [0.1, 0.15) is 84.0 Å². The monoisotopic (exact) mass is 1750 g/mol. The van der Waals surface area contributed by atoms with E-state index in [0.29, 0.717) is 34.0 Å². The van der Waals surface area contributed by atoms with E-state index in [9.17, 15) is 121 Å². The van der Waals surface area contributed by atoms with Gasteiger partial charge in [-0.25, -0.2) is 4.79 Å². The summed E-state index contributed by atoms with van der Waals surface area (Å²) in [5.74, 6) is -23.8. The number of amides is 17. The topological polar surface area (TPSA) is 761 Å². The number of hydrogen-bond acceptors (Lipinski definition) is 24. The van der Waals surface area contributed by atoms with Gasteiger partial charge in [-0.05, 0) is 105 Å². The quantitative estimate of drug-likeness (QED) is 0.0111. The fourth-order valence-corrected chi connectivity index (χ4v) is 13.4. The third-order valence-electron chi connectivity index (χ3n) is 19.9. The number of para-hydroxylation sites is 1. The Labute approximate surface area is 713 Å². The van der Waals surface area contributed by atoms with E-state index in [1.54, 1.807) is 30.5 Å². The van der Waals surface area contributed by atoms with Gasteiger partial charge in [-0.1, -0.05) is 56.3 Å². The summed E-state index contributed by atoms with van der Waals surface area (Å²) in [6.07, 6.45) is -2.70. The molecule has 29 N–H and O–H groups in total. The average Bonchev–Trinajstić information content (AvgIpc) is 1.70. The minimum atomic E-state index is -2.03. The lowest BCUT2D eigenvalue weighted by Gasteiger charge is -2.30. The summed E-state index contributed by atoms with van der Waals surface area (Å²) < 4.78 is 0. The number of phenols is 2. The number of carboxylic acid groups (broad SMARTS) is 3. The Morgan fingerprint density at radius 1 is 0.464 bits per heavy atom. The maximum atomic E-state index is 14.4. The molecule has 13 atom stereocenters. The number of rotatable bonds is 48. The number of primary amides is 2. The number of carbonyl (C=O) groups excluding carboxylic acids is 17. The van der Waals surface area contributed by atoms with Crippen molar-refractivity contribution in [3.8, 4) is 11.5 Å². The van der Waals surface area contributed by atoms with E-state index >= 15 is 0 Å². The molecular formula is C78H106N22O25. The highest BCUT2D eigenvalue weighted by atomic mass is 16.4. The van der Waals surface area contributed by atoms with Crippen LogP contribution >= 0.6 is 0 Å². The summed E-state index contributed by atoms with van der Waals surface area (Å²) in [7, 11) is 0. The summed E-state index contributed by atoms with van der Waals surface area (Å²) in [6, 6.07) is -2.25. The van der Waals surface area contributed by atoms with E-state index in [1.807, 2.05) is 0 Å². The average molecular weight is 1750 g/mol. The Morgan fingerprint density at radius 3 is 1.48 bits per heavy atom. The molecule has 0 aliphatic carbocycles. The van der Waals surface area contributed by atoms with Gasteiger partial charge >= 0.3 is 17.9 Å². The molecule has 2 aliphatic heterocycles. The van der Waals surface area contributed by atoms with Crippen LogP contribution in [0, 0.1) is 11.3 Å². The molecular weight excluding hydrogens is 1640 g/mol. The molecule has 47 nitrogen and oxygen atoms in total. The van der Waals surface area contributed by atoms with Crippen molar-refractivity contribution < 1.29 is 121 Å². The van der Waals surface area contributed by atoms with Crippen LogP contribution < -0.4 is 97.4 Å². The number of benzene rings is 3. The number of guanidine groups is 1. The molecule has 0 radical (unpaired) electrons. The molecule has 2 saturated heterocycles. The zero-order valence-corrected chi connectivity index (χ0v) is 68.6. The molecule has 0 saturated carbocycles. The predicted octanol–water partition coefficient (Wildman–Crippen LogP) is -8.14. The second-order valence-electron chi connectivity index (χ2n) is 30.1. The first-order chi connectivity index (χ1) is 59.0. The van der Waals surface area contributed by atoms with E-state index in [4.69, 9.17) is 28.3 Å². The van der Waals surface area contributed by atoms with Gasteiger partial charge in [0, 0.05) is 56.0 Å². The van der Waals surface area contributed by atoms with Gasteiger partial charge < -0.3 is 138 Å². The minimum Gasteiger partial charge on any atom is -0.508 e. The first kappa shape index (κ1) is 99.2. The van der Waals surface area contributed by atoms with E-state index < -0.39 is 254 Å². The number of phenolic OH excluding ortho intramolecular Hbond substituents is 2. The molecule has 0 unspecified atom stereocenters. The van der Waals surface area contributed by atoms with Crippen molar-refractivity contribution in [1.29, 1.82) is 5.41 Å². The van der Waals surface area contributed by atoms with Crippen molar-refractivity contribution in [1.82, 2.24) is 89.2 Å². The maximum Gasteiger partial charge on any atom is 0.326 e. The molecule has 0 bridgehead atoms. The van der Waals surface area contributed by atoms with Crippen LogP contribution in [0.4, 0.5) is 0 Å². The van der Waals surface area contributed by atoms with E-state index in [-0.39, 0.29) is 82.5 Å². The zero-order valence-electron chi connectivity index (χ0n) is 68.6. The number of aromatic nitrogens is 1. The minimum absolute atomic E-state index is 0.0123. The Kier molecular flexibility index (Phi) is 37.8. The highest BCUT2D eigenvalue weighted by Crippen LogP contribution is 2.24. The summed E-state index contributed by atoms with van der Waals surface area (Å²) in [6.45, 7) is 2.48. The van der Waals surface area contributed by atoms with E-state index in [1.165, 1.54) is 81.1 Å². The zero-order chi connectivity index (χ0) is 92.6. The summed E-state index contributed by atoms with van der Waals surface area (Å²) >= 11 is 0. The molecule has 3 aromatic carbocycles. The number of aromatic hydroxyl groups is 2. The van der Waals surface area contributed by atoms with Crippen molar-refractivity contribution >= 4 is 135 Å². The number of H-pyrrole nitrogens is 1. The normalized spacial score (nSPS) is 16.1. The smallest absolute Gasteiger partial charge is 0.326 e. The van der Waals surface area contributed by atoms with E-state index in [0.717, 1.165) is 4.90 Å². The number of likely N-dealkylation sites (tertiary alicyclic amines) is 2. The lowest BCUT2D eigenvalue weighted by Crippen LogP contribution is -2.60. The summed E-state index contributed by atoms with van der Waals surface area (Å²) in [5, 5.41) is 90.3. The Balaban J connectivity index is 1.02. The van der Waals surface area contributed by atoms with Crippen LogP contribution in [0.1, 0.15) is 109 Å². The van der Waals surface area contributed by atoms with Crippen LogP contribution in [0.3, 0.4) is 0 Å². The molecule has 0 spiro atoms. The molecule has 6 rings (SSSR count). The summed E-state index contributed by atoms with van der Waals surface area (Å²) in [4.78, 5) is 272. The number of nitrogens with one attached hydrogen (secondary N) is 16. The Bertz CT molecular complexity index is 4660. The predicted molar refractivity (Wildman–Crippen MR) is 437 cm³/mol. The van der Waals surface area contributed by atoms with Crippen LogP contribution in [0.25, 0.3) is 10.9 Å². The summed E-state index contributed by atoms with van der Waals surface area (Å²) in [5.41, 5.74) is 24.1. The van der Waals surface area contributed by atoms with Crippen LogP contribution in [-0.2, 0) is 115 Å². The second kappa shape index (κ2) is 47.6. The van der Waals surface area contributed by atoms with Gasteiger partial charge in [0.15, 0.2) is 5.96 Å². The van der Waals surface area contributed by atoms with Gasteiger partial charge in [0.05, 0.1) is 51.4 Å². The standard InChI is InChI=1S/C78H106N22O25/c1-37(2)64(75(122)88-34-59(105)86-36-61(107)99-24-8-13-55(99)73(120)94-50(28-42-33-85-47-11-6-5-10-45(42)47)71(118)90-39(4)66(113)97-54(77(124)125)27-41-17-21-44(102)22-18-41)98-72(119)52(32-63(110)111)91-60(106)35-87-68(115)51(31-62(108)109)95-74(121)56-14-9-25-100(56)76(123)53(30-58(81)104)96-69(116)48(12-7-23-84-78(82)83)92-65(112)38(3)89-70(117)49(26-40-15-19-43(101)20-16-40)93-67(114)46(79)29-57(80)103/h5-6,10-11,15-22,33,37-39,46,48-56,64,85,101-102H,7-9,12-14,23-32,34-36,79H2,1-4H3,(H2,80,103)(H2,81,104)(H,86,105)(H,87,115)(H,88,122)(H,89,117)(H,90,118)(H,91,106)(H,92,112)(H,93,114)(H,94,120)(H,95,121)(H,96,116)(H,97,113)(H,98,119)(H,108,109)(H,110,111)(H,124,125)(H4,82,83,84)/t38-,39-,46-,48-,49-,50-,51-,52-,53-,54-,55-,56-,64-/m0/s1. The third-order valence-corrected chi connectivity index (χ3v) is 19.9. The number of aliphatic carboxylic acids is 3. The van der Waals surface area contributed by atoms with E-state index in [2.05, 4.69) is 79.4 Å². The van der Waals surface area contributed by atoms with Gasteiger partial charge in [-0.3, -0.25) is 96.5 Å². The molecule has 678 valence electrons.